The minimum absolute atomic E-state index is 0.550. The van der Waals surface area contributed by atoms with Crippen LogP contribution in [0, 0.1) is 0 Å². The summed E-state index contributed by atoms with van der Waals surface area (Å²) in [5.41, 5.74) is 10.3. The Labute approximate surface area is 166 Å². The predicted molar refractivity (Wildman–Crippen MR) is 115 cm³/mol. The highest BCUT2D eigenvalue weighted by Crippen LogP contribution is 2.14. The molecule has 0 unspecified atom stereocenters. The van der Waals surface area contributed by atoms with Crippen molar-refractivity contribution in [1.82, 2.24) is 10.6 Å². The Hall–Kier alpha value is -1.68. The van der Waals surface area contributed by atoms with E-state index in [0.717, 1.165) is 37.1 Å². The Morgan fingerprint density at radius 1 is 0.741 bits per heavy atom. The van der Waals surface area contributed by atoms with E-state index in [1.807, 2.05) is 0 Å². The zero-order valence-electron chi connectivity index (χ0n) is 17.2. The van der Waals surface area contributed by atoms with Gasteiger partial charge in [-0.05, 0) is 25.0 Å². The van der Waals surface area contributed by atoms with Crippen LogP contribution in [0.5, 0.6) is 0 Å². The number of rotatable bonds is 13. The lowest BCUT2D eigenvalue weighted by Gasteiger charge is -2.37. The lowest BCUT2D eigenvalue weighted by molar-refractivity contribution is -0.925. The molecule has 0 spiro atoms. The summed E-state index contributed by atoms with van der Waals surface area (Å²) in [5, 5.41) is 0. The van der Waals surface area contributed by atoms with Crippen LogP contribution in [0.2, 0.25) is 0 Å². The summed E-state index contributed by atoms with van der Waals surface area (Å²) in [6, 6.07) is 21.6. The van der Waals surface area contributed by atoms with Gasteiger partial charge >= 0.3 is 0 Å². The second kappa shape index (κ2) is 11.9. The maximum absolute atomic E-state index is 7.51. The first-order chi connectivity index (χ1) is 13.2. The molecule has 0 saturated carbocycles. The standard InChI is InChI=1S/C24H37N3/c1-3-27(4-2,19-11-17-25)20-12-18-26(21-23-13-7-5-8-14-23)22-24-15-9-6-10-16-24/h5-10,13-16,25H,3-4,11-12,17-22H2,1-2H3/q+1. The molecule has 0 bridgehead atoms. The fourth-order valence-electron chi connectivity index (χ4n) is 3.91. The van der Waals surface area contributed by atoms with Crippen molar-refractivity contribution in [3.63, 3.8) is 0 Å². The van der Waals surface area contributed by atoms with E-state index < -0.39 is 0 Å². The third kappa shape index (κ3) is 7.45. The van der Waals surface area contributed by atoms with Gasteiger partial charge in [0.25, 0.3) is 0 Å². The molecule has 3 nitrogen and oxygen atoms in total. The van der Waals surface area contributed by atoms with Crippen molar-refractivity contribution >= 4 is 0 Å². The van der Waals surface area contributed by atoms with Crippen LogP contribution in [0.15, 0.2) is 60.7 Å². The van der Waals surface area contributed by atoms with Crippen molar-refractivity contribution in [3.05, 3.63) is 71.8 Å². The van der Waals surface area contributed by atoms with Gasteiger partial charge in [-0.15, -0.1) is 0 Å². The first kappa shape index (κ1) is 21.6. The number of benzene rings is 2. The molecule has 3 heteroatoms. The number of hydrogen-bond acceptors (Lipinski definition) is 1. The smallest absolute Gasteiger partial charge is 0.0799 e. The van der Waals surface area contributed by atoms with Gasteiger partial charge in [-0.25, -0.2) is 0 Å². The van der Waals surface area contributed by atoms with Crippen molar-refractivity contribution in [1.29, 1.82) is 0 Å². The van der Waals surface area contributed by atoms with E-state index in [2.05, 4.69) is 79.4 Å². The van der Waals surface area contributed by atoms with Crippen LogP contribution in [0.3, 0.4) is 0 Å². The summed E-state index contributed by atoms with van der Waals surface area (Å²) in [7, 11) is 0. The molecule has 0 atom stereocenters. The number of nitrogens with zero attached hydrogens (tertiary/aromatic N) is 2. The van der Waals surface area contributed by atoms with Crippen molar-refractivity contribution in [3.8, 4) is 0 Å². The van der Waals surface area contributed by atoms with Crippen LogP contribution in [0.1, 0.15) is 37.8 Å². The molecule has 2 aromatic rings. The fraction of sp³-hybridized carbons (Fsp3) is 0.500. The first-order valence-corrected chi connectivity index (χ1v) is 10.5. The van der Waals surface area contributed by atoms with E-state index in [1.165, 1.54) is 37.2 Å². The van der Waals surface area contributed by atoms with E-state index in [0.29, 0.717) is 6.54 Å². The first-order valence-electron chi connectivity index (χ1n) is 10.5. The second-order valence-corrected chi connectivity index (χ2v) is 7.56. The Morgan fingerprint density at radius 3 is 1.67 bits per heavy atom. The lowest BCUT2D eigenvalue weighted by Crippen LogP contribution is -2.50. The SMILES string of the molecule is CC[N+](CC)(CCC[NH])CCCN(Cc1ccccc1)Cc1ccccc1. The molecule has 1 N–H and O–H groups in total. The third-order valence-corrected chi connectivity index (χ3v) is 5.76. The Morgan fingerprint density at radius 2 is 1.22 bits per heavy atom. The molecule has 0 amide bonds. The van der Waals surface area contributed by atoms with Gasteiger partial charge in [-0.1, -0.05) is 60.7 Å². The monoisotopic (exact) mass is 367 g/mol. The number of hydrogen-bond donors (Lipinski definition) is 0. The van der Waals surface area contributed by atoms with Gasteiger partial charge in [0.15, 0.2) is 0 Å². The molecule has 0 saturated heterocycles. The highest BCUT2D eigenvalue weighted by atomic mass is 15.3. The molecule has 0 aromatic heterocycles. The van der Waals surface area contributed by atoms with E-state index in [-0.39, 0.29) is 0 Å². The highest BCUT2D eigenvalue weighted by Gasteiger charge is 2.22. The largest absolute Gasteiger partial charge is 0.324 e. The molecule has 147 valence electrons. The lowest BCUT2D eigenvalue weighted by atomic mass is 10.1. The Bertz CT molecular complexity index is 567. The average molecular weight is 368 g/mol. The summed E-state index contributed by atoms with van der Waals surface area (Å²) < 4.78 is 1.16. The minimum Gasteiger partial charge on any atom is -0.324 e. The topological polar surface area (TPSA) is 27.0 Å². The van der Waals surface area contributed by atoms with Gasteiger partial charge in [-0.2, -0.15) is 0 Å². The molecule has 0 aliphatic carbocycles. The molecular formula is C24H37N3+. The molecule has 2 aromatic carbocycles. The molecule has 0 aliphatic rings. The van der Waals surface area contributed by atoms with Crippen LogP contribution in [-0.2, 0) is 13.1 Å². The Kier molecular flexibility index (Phi) is 9.54. The normalized spacial score (nSPS) is 11.9. The van der Waals surface area contributed by atoms with Gasteiger partial charge in [0.1, 0.15) is 0 Å². The maximum Gasteiger partial charge on any atom is 0.0799 e. The van der Waals surface area contributed by atoms with Crippen molar-refractivity contribution in [2.24, 2.45) is 0 Å². The third-order valence-electron chi connectivity index (χ3n) is 5.76. The average Bonchev–Trinajstić information content (AvgIpc) is 2.72. The highest BCUT2D eigenvalue weighted by molar-refractivity contribution is 5.17. The van der Waals surface area contributed by atoms with Gasteiger partial charge in [-0.3, -0.25) is 10.6 Å². The maximum atomic E-state index is 7.51. The zero-order valence-corrected chi connectivity index (χ0v) is 17.2. The van der Waals surface area contributed by atoms with E-state index in [9.17, 15) is 0 Å². The van der Waals surface area contributed by atoms with Crippen LogP contribution in [0.4, 0.5) is 0 Å². The summed E-state index contributed by atoms with van der Waals surface area (Å²) >= 11 is 0. The summed E-state index contributed by atoms with van der Waals surface area (Å²) in [6.07, 6.45) is 2.22. The predicted octanol–water partition coefficient (Wildman–Crippen LogP) is 4.61. The number of quaternary nitrogens is 1. The van der Waals surface area contributed by atoms with Gasteiger partial charge in [0.2, 0.25) is 0 Å². The fourth-order valence-corrected chi connectivity index (χ4v) is 3.91. The summed E-state index contributed by atoms with van der Waals surface area (Å²) in [5.74, 6) is 0. The molecule has 0 heterocycles. The number of nitrogens with one attached hydrogen (secondary N) is 1. The molecule has 27 heavy (non-hydrogen) atoms. The van der Waals surface area contributed by atoms with Crippen LogP contribution < -0.4 is 5.73 Å². The molecule has 0 fully saturated rings. The summed E-state index contributed by atoms with van der Waals surface area (Å²) in [4.78, 5) is 2.58. The van der Waals surface area contributed by atoms with Crippen molar-refractivity contribution < 1.29 is 4.48 Å². The quantitative estimate of drug-likeness (QED) is 0.475. The molecule has 0 aliphatic heterocycles. The Balaban J connectivity index is 1.98. The van der Waals surface area contributed by atoms with Gasteiger partial charge in [0.05, 0.1) is 26.2 Å². The summed E-state index contributed by atoms with van der Waals surface area (Å²) in [6.45, 7) is 13.0. The minimum atomic E-state index is 0.550. The molecule has 1 radical (unpaired) electrons. The molecule has 2 rings (SSSR count). The van der Waals surface area contributed by atoms with E-state index >= 15 is 0 Å². The van der Waals surface area contributed by atoms with Crippen LogP contribution >= 0.6 is 0 Å². The van der Waals surface area contributed by atoms with Crippen molar-refractivity contribution in [2.75, 3.05) is 39.3 Å². The molecular weight excluding hydrogens is 330 g/mol. The van der Waals surface area contributed by atoms with E-state index in [4.69, 9.17) is 5.73 Å². The van der Waals surface area contributed by atoms with Gasteiger partial charge < -0.3 is 4.48 Å². The van der Waals surface area contributed by atoms with Crippen molar-refractivity contribution in [2.45, 2.75) is 39.8 Å². The zero-order chi connectivity index (χ0) is 19.4. The van der Waals surface area contributed by atoms with Gasteiger partial charge in [0, 0.05) is 39.0 Å². The van der Waals surface area contributed by atoms with E-state index in [1.54, 1.807) is 0 Å². The van der Waals surface area contributed by atoms with Crippen LogP contribution in [0.25, 0.3) is 0 Å². The second-order valence-electron chi connectivity index (χ2n) is 7.56. The van der Waals surface area contributed by atoms with Crippen LogP contribution in [-0.4, -0.2) is 48.7 Å².